The lowest BCUT2D eigenvalue weighted by Gasteiger charge is -2.20. The molecule has 2 rings (SSSR count). The number of nitrogens with one attached hydrogen (secondary N) is 2. The summed E-state index contributed by atoms with van der Waals surface area (Å²) in [4.78, 5) is 23.5. The molecule has 1 aromatic rings. The lowest BCUT2D eigenvalue weighted by Crippen LogP contribution is -2.37. The molecule has 0 saturated carbocycles. The Morgan fingerprint density at radius 1 is 1.29 bits per heavy atom. The number of aliphatic hydroxyl groups is 1. The molecule has 3 N–H and O–H groups in total. The van der Waals surface area contributed by atoms with Crippen LogP contribution in [0.5, 0.6) is 0 Å². The highest BCUT2D eigenvalue weighted by molar-refractivity contribution is 5.79. The molecule has 1 aliphatic rings. The van der Waals surface area contributed by atoms with E-state index in [1.54, 1.807) is 6.08 Å². The van der Waals surface area contributed by atoms with Gasteiger partial charge in [0.2, 0.25) is 11.8 Å². The molecule has 0 aromatic heterocycles. The Kier molecular flexibility index (Phi) is 6.03. The number of halogens is 2. The monoisotopic (exact) mass is 338 g/mol. The van der Waals surface area contributed by atoms with E-state index in [-0.39, 0.29) is 30.6 Å². The highest BCUT2D eigenvalue weighted by atomic mass is 19.1. The Morgan fingerprint density at radius 3 is 2.50 bits per heavy atom. The molecule has 0 fully saturated rings. The predicted molar refractivity (Wildman–Crippen MR) is 83.8 cm³/mol. The van der Waals surface area contributed by atoms with E-state index in [1.807, 2.05) is 6.08 Å². The molecule has 1 aromatic carbocycles. The lowest BCUT2D eigenvalue weighted by molar-refractivity contribution is -0.123. The van der Waals surface area contributed by atoms with Crippen molar-refractivity contribution in [2.24, 2.45) is 5.92 Å². The zero-order valence-corrected chi connectivity index (χ0v) is 13.3. The number of amides is 2. The first-order valence-electron chi connectivity index (χ1n) is 7.70. The summed E-state index contributed by atoms with van der Waals surface area (Å²) in [7, 11) is 0. The number of carbonyl (C=O) groups is 2. The number of aliphatic hydroxyl groups excluding tert-OH is 1. The summed E-state index contributed by atoms with van der Waals surface area (Å²) in [5.41, 5.74) is -0.335. The van der Waals surface area contributed by atoms with Crippen molar-refractivity contribution in [1.29, 1.82) is 0 Å². The smallest absolute Gasteiger partial charge is 0.222 e. The molecule has 7 heteroatoms. The molecule has 0 heterocycles. The van der Waals surface area contributed by atoms with Crippen LogP contribution in [0.25, 0.3) is 0 Å². The fraction of sp³-hybridized carbons (Fsp3) is 0.412. The number of hydrogen-bond acceptors (Lipinski definition) is 3. The third-order valence-corrected chi connectivity index (χ3v) is 3.87. The predicted octanol–water partition coefficient (Wildman–Crippen LogP) is 1.59. The summed E-state index contributed by atoms with van der Waals surface area (Å²) in [5, 5.41) is 14.2. The van der Waals surface area contributed by atoms with E-state index in [4.69, 9.17) is 5.11 Å². The maximum absolute atomic E-state index is 13.9. The van der Waals surface area contributed by atoms with Crippen LogP contribution < -0.4 is 10.6 Å². The van der Waals surface area contributed by atoms with Crippen LogP contribution in [-0.2, 0) is 9.59 Å². The molecule has 0 saturated heterocycles. The lowest BCUT2D eigenvalue weighted by atomic mass is 10.0. The van der Waals surface area contributed by atoms with Crippen molar-refractivity contribution in [1.82, 2.24) is 10.6 Å². The number of carbonyl (C=O) groups excluding carboxylic acids is 2. The summed E-state index contributed by atoms with van der Waals surface area (Å²) in [6.45, 7) is 1.22. The summed E-state index contributed by atoms with van der Waals surface area (Å²) in [6, 6.07) is 2.05. The van der Waals surface area contributed by atoms with Crippen LogP contribution in [0, 0.1) is 17.6 Å². The van der Waals surface area contributed by atoms with E-state index in [1.165, 1.54) is 13.0 Å². The van der Waals surface area contributed by atoms with Crippen LogP contribution in [0.2, 0.25) is 0 Å². The third-order valence-electron chi connectivity index (χ3n) is 3.87. The summed E-state index contributed by atoms with van der Waals surface area (Å²) in [6.07, 6.45) is 3.87. The first-order chi connectivity index (χ1) is 11.4. The van der Waals surface area contributed by atoms with E-state index in [9.17, 15) is 18.4 Å². The van der Waals surface area contributed by atoms with Crippen LogP contribution in [0.3, 0.4) is 0 Å². The highest BCUT2D eigenvalue weighted by Crippen LogP contribution is 2.24. The van der Waals surface area contributed by atoms with Crippen molar-refractivity contribution >= 4 is 11.8 Å². The number of benzene rings is 1. The van der Waals surface area contributed by atoms with Gasteiger partial charge in [-0.1, -0.05) is 18.2 Å². The molecule has 0 aliphatic heterocycles. The Balaban J connectivity index is 2.08. The molecule has 0 bridgehead atoms. The maximum atomic E-state index is 13.9. The quantitative estimate of drug-likeness (QED) is 0.689. The third kappa shape index (κ3) is 4.61. The Morgan fingerprint density at radius 2 is 1.96 bits per heavy atom. The molecule has 0 spiro atoms. The van der Waals surface area contributed by atoms with Gasteiger partial charge in [0.25, 0.3) is 0 Å². The van der Waals surface area contributed by atoms with Crippen LogP contribution in [0.15, 0.2) is 30.4 Å². The van der Waals surface area contributed by atoms with E-state index in [2.05, 4.69) is 10.6 Å². The zero-order valence-electron chi connectivity index (χ0n) is 13.3. The molecule has 1 unspecified atom stereocenters. The van der Waals surface area contributed by atoms with Gasteiger partial charge in [-0.25, -0.2) is 8.78 Å². The number of hydrogen-bond donors (Lipinski definition) is 3. The first kappa shape index (κ1) is 18.1. The minimum atomic E-state index is -1.09. The Hall–Kier alpha value is -2.28. The highest BCUT2D eigenvalue weighted by Gasteiger charge is 2.26. The molecular formula is C17H20F2N2O3. The second-order valence-corrected chi connectivity index (χ2v) is 5.83. The number of rotatable bonds is 6. The summed E-state index contributed by atoms with van der Waals surface area (Å²) >= 11 is 0. The van der Waals surface area contributed by atoms with E-state index in [0.29, 0.717) is 6.42 Å². The van der Waals surface area contributed by atoms with Crippen molar-refractivity contribution < 1.29 is 23.5 Å². The molecule has 5 nitrogen and oxygen atoms in total. The second-order valence-electron chi connectivity index (χ2n) is 5.83. The molecular weight excluding hydrogens is 318 g/mol. The van der Waals surface area contributed by atoms with E-state index in [0.717, 1.165) is 12.1 Å². The van der Waals surface area contributed by atoms with Crippen molar-refractivity contribution in [2.75, 3.05) is 6.61 Å². The molecule has 0 radical (unpaired) electrons. The van der Waals surface area contributed by atoms with Crippen LogP contribution in [0.4, 0.5) is 8.78 Å². The van der Waals surface area contributed by atoms with Gasteiger partial charge in [0.15, 0.2) is 0 Å². The van der Waals surface area contributed by atoms with Crippen LogP contribution >= 0.6 is 0 Å². The zero-order chi connectivity index (χ0) is 17.7. The average molecular weight is 338 g/mol. The molecule has 1 aliphatic carbocycles. The molecule has 3 atom stereocenters. The van der Waals surface area contributed by atoms with Crippen molar-refractivity contribution in [3.63, 3.8) is 0 Å². The van der Waals surface area contributed by atoms with E-state index < -0.39 is 29.5 Å². The van der Waals surface area contributed by atoms with Crippen LogP contribution in [0.1, 0.15) is 31.4 Å². The van der Waals surface area contributed by atoms with Gasteiger partial charge in [-0.2, -0.15) is 0 Å². The van der Waals surface area contributed by atoms with Crippen LogP contribution in [-0.4, -0.2) is 29.6 Å². The maximum Gasteiger partial charge on any atom is 0.222 e. The van der Waals surface area contributed by atoms with E-state index >= 15 is 0 Å². The Bertz CT molecular complexity index is 628. The van der Waals surface area contributed by atoms with Crippen molar-refractivity contribution in [3.05, 3.63) is 47.5 Å². The van der Waals surface area contributed by atoms with Gasteiger partial charge in [0.05, 0.1) is 12.5 Å². The van der Waals surface area contributed by atoms with Gasteiger partial charge in [0.1, 0.15) is 11.6 Å². The largest absolute Gasteiger partial charge is 0.396 e. The first-order valence-corrected chi connectivity index (χ1v) is 7.70. The molecule has 24 heavy (non-hydrogen) atoms. The van der Waals surface area contributed by atoms with Gasteiger partial charge < -0.3 is 15.7 Å². The van der Waals surface area contributed by atoms with Gasteiger partial charge in [-0.3, -0.25) is 9.59 Å². The standard InChI is InChI=1S/C17H20F2N2O3/c1-10(23)20-15(17-13(18)3-2-4-14(17)19)8-16(24)21-12-6-5-11(7-12)9-22/h2-6,11-12,15,22H,7-9H2,1H3,(H,20,23)(H,21,24)/t11-,12+,15?/m0/s1. The van der Waals surface area contributed by atoms with Crippen molar-refractivity contribution in [3.8, 4) is 0 Å². The SMILES string of the molecule is CC(=O)NC(CC(=O)N[C@@H]1C=C[C@H](CO)C1)c1c(F)cccc1F. The molecule has 2 amide bonds. The van der Waals surface area contributed by atoms with Gasteiger partial charge in [-0.15, -0.1) is 0 Å². The van der Waals surface area contributed by atoms with Gasteiger partial charge >= 0.3 is 0 Å². The normalized spacial score (nSPS) is 20.7. The summed E-state index contributed by atoms with van der Waals surface area (Å²) < 4.78 is 27.9. The molecule has 130 valence electrons. The fourth-order valence-corrected chi connectivity index (χ4v) is 2.78. The fourth-order valence-electron chi connectivity index (χ4n) is 2.78. The summed E-state index contributed by atoms with van der Waals surface area (Å²) in [5.74, 6) is -2.57. The van der Waals surface area contributed by atoms with Gasteiger partial charge in [-0.05, 0) is 18.6 Å². The Labute approximate surface area is 138 Å². The minimum Gasteiger partial charge on any atom is -0.396 e. The van der Waals surface area contributed by atoms with Crippen molar-refractivity contribution in [2.45, 2.75) is 31.8 Å². The average Bonchev–Trinajstić information content (AvgIpc) is 2.93. The van der Waals surface area contributed by atoms with Gasteiger partial charge in [0, 0.05) is 31.1 Å². The topological polar surface area (TPSA) is 78.4 Å². The minimum absolute atomic E-state index is 0.00216. The second kappa shape index (κ2) is 8.01.